The summed E-state index contributed by atoms with van der Waals surface area (Å²) in [7, 11) is -2.25. The average Bonchev–Trinajstić information content (AvgIpc) is 2.43. The van der Waals surface area contributed by atoms with Gasteiger partial charge in [0, 0.05) is 6.54 Å². The van der Waals surface area contributed by atoms with E-state index in [1.54, 1.807) is 32.0 Å². The molecule has 1 rings (SSSR count). The number of sulfonamides is 1. The van der Waals surface area contributed by atoms with Gasteiger partial charge in [0.15, 0.2) is 0 Å². The Labute approximate surface area is 125 Å². The van der Waals surface area contributed by atoms with E-state index < -0.39 is 21.9 Å². The molecule has 0 radical (unpaired) electrons. The molecule has 2 N–H and O–H groups in total. The van der Waals surface area contributed by atoms with Gasteiger partial charge in [-0.15, -0.1) is 0 Å². The van der Waals surface area contributed by atoms with Crippen LogP contribution in [0.25, 0.3) is 0 Å². The fourth-order valence-electron chi connectivity index (χ4n) is 1.81. The number of aryl methyl sites for hydroxylation is 1. The van der Waals surface area contributed by atoms with Gasteiger partial charge < -0.3 is 9.84 Å². The van der Waals surface area contributed by atoms with Gasteiger partial charge in [0.2, 0.25) is 10.0 Å². The molecule has 6 nitrogen and oxygen atoms in total. The van der Waals surface area contributed by atoms with Crippen molar-refractivity contribution in [2.24, 2.45) is 5.92 Å². The summed E-state index contributed by atoms with van der Waals surface area (Å²) in [5, 5.41) is 8.76. The minimum Gasteiger partial charge on any atom is -0.495 e. The number of carboxylic acids is 1. The van der Waals surface area contributed by atoms with Crippen LogP contribution in [0.1, 0.15) is 25.3 Å². The highest BCUT2D eigenvalue weighted by atomic mass is 32.2. The lowest BCUT2D eigenvalue weighted by Gasteiger charge is -2.12. The zero-order valence-electron chi connectivity index (χ0n) is 12.4. The summed E-state index contributed by atoms with van der Waals surface area (Å²) in [4.78, 5) is 10.8. The maximum absolute atomic E-state index is 12.2. The van der Waals surface area contributed by atoms with Gasteiger partial charge >= 0.3 is 5.97 Å². The van der Waals surface area contributed by atoms with Crippen molar-refractivity contribution in [2.45, 2.75) is 31.6 Å². The number of hydrogen-bond donors (Lipinski definition) is 2. The van der Waals surface area contributed by atoms with E-state index in [0.29, 0.717) is 12.8 Å². The Morgan fingerprint density at radius 1 is 1.43 bits per heavy atom. The zero-order valence-corrected chi connectivity index (χ0v) is 13.2. The molecule has 1 aromatic carbocycles. The van der Waals surface area contributed by atoms with E-state index in [0.717, 1.165) is 5.56 Å². The molecular weight excluding hydrogens is 294 g/mol. The van der Waals surface area contributed by atoms with Crippen molar-refractivity contribution in [2.75, 3.05) is 13.7 Å². The SMILES string of the molecule is COc1ccc(C)cc1S(=O)(=O)NCCCC(C)C(=O)O. The highest BCUT2D eigenvalue weighted by Crippen LogP contribution is 2.24. The molecule has 1 aromatic rings. The Morgan fingerprint density at radius 3 is 2.67 bits per heavy atom. The third-order valence-electron chi connectivity index (χ3n) is 3.14. The molecule has 0 spiro atoms. The summed E-state index contributed by atoms with van der Waals surface area (Å²) in [6, 6.07) is 4.92. The second-order valence-corrected chi connectivity index (χ2v) is 6.67. The Morgan fingerprint density at radius 2 is 2.10 bits per heavy atom. The van der Waals surface area contributed by atoms with Gasteiger partial charge in [-0.2, -0.15) is 0 Å². The predicted octanol–water partition coefficient (Wildman–Crippen LogP) is 1.78. The van der Waals surface area contributed by atoms with Crippen molar-refractivity contribution in [3.63, 3.8) is 0 Å². The Balaban J connectivity index is 2.70. The highest BCUT2D eigenvalue weighted by Gasteiger charge is 2.19. The van der Waals surface area contributed by atoms with Gasteiger partial charge in [-0.05, 0) is 37.5 Å². The number of carbonyl (C=O) groups is 1. The molecule has 118 valence electrons. The summed E-state index contributed by atoms with van der Waals surface area (Å²) in [6.45, 7) is 3.59. The number of rotatable bonds is 8. The van der Waals surface area contributed by atoms with Crippen molar-refractivity contribution in [3.8, 4) is 5.75 Å². The lowest BCUT2D eigenvalue weighted by molar-refractivity contribution is -0.141. The molecule has 1 atom stereocenters. The molecule has 7 heteroatoms. The van der Waals surface area contributed by atoms with Crippen molar-refractivity contribution >= 4 is 16.0 Å². The number of nitrogens with one attached hydrogen (secondary N) is 1. The van der Waals surface area contributed by atoms with Crippen LogP contribution in [0.2, 0.25) is 0 Å². The topological polar surface area (TPSA) is 92.7 Å². The maximum Gasteiger partial charge on any atom is 0.306 e. The van der Waals surface area contributed by atoms with Crippen molar-refractivity contribution in [1.82, 2.24) is 4.72 Å². The van der Waals surface area contributed by atoms with Crippen molar-refractivity contribution < 1.29 is 23.1 Å². The van der Waals surface area contributed by atoms with Crippen LogP contribution in [0.15, 0.2) is 23.1 Å². The quantitative estimate of drug-likeness (QED) is 0.713. The Kier molecular flexibility index (Phi) is 6.17. The molecule has 0 saturated carbocycles. The number of carboxylic acid groups (broad SMARTS) is 1. The fraction of sp³-hybridized carbons (Fsp3) is 0.500. The average molecular weight is 315 g/mol. The molecular formula is C14H21NO5S. The predicted molar refractivity (Wildman–Crippen MR) is 79.0 cm³/mol. The Bertz CT molecular complexity index is 597. The standard InChI is InChI=1S/C14H21NO5S/c1-10-6-7-12(20-3)13(9-10)21(18,19)15-8-4-5-11(2)14(16)17/h6-7,9,11,15H,4-5,8H2,1-3H3,(H,16,17). The van der Waals surface area contributed by atoms with Gasteiger partial charge in [0.05, 0.1) is 13.0 Å². The molecule has 0 aromatic heterocycles. The van der Waals surface area contributed by atoms with Crippen LogP contribution in [-0.4, -0.2) is 33.1 Å². The largest absolute Gasteiger partial charge is 0.495 e. The van der Waals surface area contributed by atoms with Gasteiger partial charge in [-0.3, -0.25) is 4.79 Å². The van der Waals surface area contributed by atoms with Gasteiger partial charge in [-0.25, -0.2) is 13.1 Å². The second-order valence-electron chi connectivity index (χ2n) is 4.93. The monoisotopic (exact) mass is 315 g/mol. The third-order valence-corrected chi connectivity index (χ3v) is 4.62. The van der Waals surface area contributed by atoms with E-state index in [4.69, 9.17) is 9.84 Å². The van der Waals surface area contributed by atoms with Crippen LogP contribution in [0.5, 0.6) is 5.75 Å². The lowest BCUT2D eigenvalue weighted by atomic mass is 10.1. The zero-order chi connectivity index (χ0) is 16.0. The fourth-order valence-corrected chi connectivity index (χ4v) is 3.14. The summed E-state index contributed by atoms with van der Waals surface area (Å²) in [5.41, 5.74) is 0.815. The molecule has 0 bridgehead atoms. The molecule has 0 aliphatic heterocycles. The molecule has 0 heterocycles. The minimum absolute atomic E-state index is 0.0938. The van der Waals surface area contributed by atoms with Crippen molar-refractivity contribution in [1.29, 1.82) is 0 Å². The molecule has 1 unspecified atom stereocenters. The first-order valence-corrected chi connectivity index (χ1v) is 8.13. The number of benzene rings is 1. The number of aliphatic carboxylic acids is 1. The van der Waals surface area contributed by atoms with E-state index >= 15 is 0 Å². The number of ether oxygens (including phenoxy) is 1. The first-order valence-electron chi connectivity index (χ1n) is 6.65. The van der Waals surface area contributed by atoms with Crippen LogP contribution in [0.3, 0.4) is 0 Å². The van der Waals surface area contributed by atoms with E-state index in [1.807, 2.05) is 0 Å². The van der Waals surface area contributed by atoms with Crippen LogP contribution >= 0.6 is 0 Å². The van der Waals surface area contributed by atoms with E-state index in [9.17, 15) is 13.2 Å². The van der Waals surface area contributed by atoms with Crippen LogP contribution < -0.4 is 9.46 Å². The van der Waals surface area contributed by atoms with E-state index in [2.05, 4.69) is 4.72 Å². The van der Waals surface area contributed by atoms with Crippen LogP contribution in [0.4, 0.5) is 0 Å². The normalized spacial score (nSPS) is 12.9. The highest BCUT2D eigenvalue weighted by molar-refractivity contribution is 7.89. The smallest absolute Gasteiger partial charge is 0.306 e. The van der Waals surface area contributed by atoms with Crippen molar-refractivity contribution in [3.05, 3.63) is 23.8 Å². The maximum atomic E-state index is 12.2. The van der Waals surface area contributed by atoms with E-state index in [-0.39, 0.29) is 17.2 Å². The molecule has 0 fully saturated rings. The summed E-state index contributed by atoms with van der Waals surface area (Å²) < 4.78 is 32.0. The summed E-state index contributed by atoms with van der Waals surface area (Å²) in [6.07, 6.45) is 0.879. The summed E-state index contributed by atoms with van der Waals surface area (Å²) in [5.74, 6) is -1.08. The minimum atomic E-state index is -3.67. The Hall–Kier alpha value is -1.60. The number of methoxy groups -OCH3 is 1. The van der Waals surface area contributed by atoms with Gasteiger partial charge in [0.1, 0.15) is 10.6 Å². The molecule has 0 amide bonds. The van der Waals surface area contributed by atoms with Crippen LogP contribution in [-0.2, 0) is 14.8 Å². The first-order chi connectivity index (χ1) is 9.77. The first kappa shape index (κ1) is 17.5. The molecule has 0 saturated heterocycles. The van der Waals surface area contributed by atoms with E-state index in [1.165, 1.54) is 7.11 Å². The van der Waals surface area contributed by atoms with Gasteiger partial charge in [-0.1, -0.05) is 13.0 Å². The second kappa shape index (κ2) is 7.42. The van der Waals surface area contributed by atoms with Gasteiger partial charge in [0.25, 0.3) is 0 Å². The molecule has 21 heavy (non-hydrogen) atoms. The van der Waals surface area contributed by atoms with Crippen LogP contribution in [0, 0.1) is 12.8 Å². The number of hydrogen-bond acceptors (Lipinski definition) is 4. The summed E-state index contributed by atoms with van der Waals surface area (Å²) >= 11 is 0. The lowest BCUT2D eigenvalue weighted by Crippen LogP contribution is -2.26. The molecule has 0 aliphatic carbocycles. The third kappa shape index (κ3) is 5.02. The molecule has 0 aliphatic rings.